The van der Waals surface area contributed by atoms with Gasteiger partial charge in [-0.25, -0.2) is 0 Å². The van der Waals surface area contributed by atoms with Crippen LogP contribution in [0.2, 0.25) is 0 Å². The summed E-state index contributed by atoms with van der Waals surface area (Å²) in [7, 11) is 1.85. The van der Waals surface area contributed by atoms with Gasteiger partial charge in [0.2, 0.25) is 6.23 Å². The Morgan fingerprint density at radius 1 is 1.06 bits per heavy atom. The topological polar surface area (TPSA) is 127 Å². The average Bonchev–Trinajstić information content (AvgIpc) is 3.25. The van der Waals surface area contributed by atoms with Crippen LogP contribution >= 0.6 is 11.3 Å². The van der Waals surface area contributed by atoms with Gasteiger partial charge in [-0.1, -0.05) is 29.8 Å². The van der Waals surface area contributed by atoms with Crippen LogP contribution in [-0.4, -0.2) is 82.3 Å². The number of ketones is 1. The number of rotatable bonds is 2. The number of likely N-dealkylation sites (N-methyl/N-ethyl adjacent to an activating group) is 1. The van der Waals surface area contributed by atoms with Gasteiger partial charge in [-0.05, 0) is 28.1 Å². The van der Waals surface area contributed by atoms with Gasteiger partial charge in [-0.2, -0.15) is 0 Å². The quantitative estimate of drug-likeness (QED) is 0.515. The highest BCUT2D eigenvalue weighted by Gasteiger charge is 2.52. The number of carbonyl (C=O) groups excluding carboxylic acids is 2. The van der Waals surface area contributed by atoms with Crippen molar-refractivity contribution in [1.29, 1.82) is 0 Å². The fourth-order valence-corrected chi connectivity index (χ4v) is 6.35. The van der Waals surface area contributed by atoms with Crippen molar-refractivity contribution < 1.29 is 39.2 Å². The number of carboxylic acid groups (broad SMARTS) is 1. The minimum atomic E-state index is -1.76. The molecular weight excluding hydrogens is 458 g/mol. The number of thiophene rings is 1. The Balaban J connectivity index is 1.49. The van der Waals surface area contributed by atoms with E-state index in [0.717, 1.165) is 27.1 Å². The van der Waals surface area contributed by atoms with Crippen molar-refractivity contribution in [2.75, 3.05) is 20.1 Å². The van der Waals surface area contributed by atoms with E-state index in [1.165, 1.54) is 16.9 Å². The minimum Gasteiger partial charge on any atom is -0.547 e. The lowest BCUT2D eigenvalue weighted by Crippen LogP contribution is -2.71. The summed E-state index contributed by atoms with van der Waals surface area (Å²) in [6.07, 6.45) is -5.94. The Morgan fingerprint density at radius 2 is 1.76 bits per heavy atom. The van der Waals surface area contributed by atoms with Crippen LogP contribution in [0.5, 0.6) is 0 Å². The summed E-state index contributed by atoms with van der Waals surface area (Å²) in [5.41, 5.74) is 5.29. The molecule has 3 aliphatic rings. The first-order valence-corrected chi connectivity index (χ1v) is 12.3. The normalized spacial score (nSPS) is 33.8. The van der Waals surface area contributed by atoms with E-state index < -0.39 is 36.6 Å². The van der Waals surface area contributed by atoms with Gasteiger partial charge in [0.05, 0.1) is 31.0 Å². The van der Waals surface area contributed by atoms with Crippen LogP contribution in [0.4, 0.5) is 0 Å². The molecule has 1 aliphatic carbocycles. The lowest BCUT2D eigenvalue weighted by atomic mass is 9.86. The number of carboxylic acids is 1. The standard InChI is InChI=1S/C25H27NO7S/c1-26(24-21(30)19(28)20(29)22(33-24)25(31)32)9-6-13(7-10-26)18-15-5-3-2-4-14(15)12-17(27)23-16(18)8-11-34-23/h2-5,8,11,19-22,24,28-30H,6-7,9-10,12H2,1H3. The van der Waals surface area contributed by atoms with E-state index in [-0.39, 0.29) is 10.3 Å². The molecule has 1 aromatic carbocycles. The fraction of sp³-hybridized carbons (Fsp3) is 0.440. The maximum atomic E-state index is 12.9. The summed E-state index contributed by atoms with van der Waals surface area (Å²) < 4.78 is 5.77. The van der Waals surface area contributed by atoms with E-state index in [0.29, 0.717) is 32.4 Å². The molecule has 1 aromatic heterocycles. The van der Waals surface area contributed by atoms with Crippen molar-refractivity contribution in [2.24, 2.45) is 0 Å². The first-order valence-electron chi connectivity index (χ1n) is 11.4. The highest BCUT2D eigenvalue weighted by molar-refractivity contribution is 7.12. The van der Waals surface area contributed by atoms with Crippen LogP contribution in [0.1, 0.15) is 39.2 Å². The maximum absolute atomic E-state index is 12.9. The smallest absolute Gasteiger partial charge is 0.223 e. The van der Waals surface area contributed by atoms with Crippen molar-refractivity contribution in [2.45, 2.75) is 49.9 Å². The number of likely N-dealkylation sites (tertiary alicyclic amines) is 1. The molecule has 0 saturated carbocycles. The second-order valence-electron chi connectivity index (χ2n) is 9.56. The van der Waals surface area contributed by atoms with Crippen LogP contribution < -0.4 is 5.11 Å². The van der Waals surface area contributed by atoms with Gasteiger partial charge in [0.25, 0.3) is 0 Å². The molecule has 34 heavy (non-hydrogen) atoms. The molecule has 3 N–H and O–H groups in total. The zero-order valence-electron chi connectivity index (χ0n) is 18.7. The molecule has 0 amide bonds. The van der Waals surface area contributed by atoms with Crippen molar-refractivity contribution in [3.8, 4) is 0 Å². The van der Waals surface area contributed by atoms with Gasteiger partial charge >= 0.3 is 0 Å². The van der Waals surface area contributed by atoms with Crippen molar-refractivity contribution in [3.05, 3.63) is 62.9 Å². The Bertz CT molecular complexity index is 1160. The molecule has 5 unspecified atom stereocenters. The second-order valence-corrected chi connectivity index (χ2v) is 10.5. The molecule has 2 aliphatic heterocycles. The summed E-state index contributed by atoms with van der Waals surface area (Å²) in [5.74, 6) is -1.51. The maximum Gasteiger partial charge on any atom is 0.223 e. The van der Waals surface area contributed by atoms with Gasteiger partial charge in [0.15, 0.2) is 11.9 Å². The van der Waals surface area contributed by atoms with Crippen LogP contribution in [-0.2, 0) is 16.0 Å². The predicted molar refractivity (Wildman–Crippen MR) is 122 cm³/mol. The molecule has 9 heteroatoms. The highest BCUT2D eigenvalue weighted by Crippen LogP contribution is 2.42. The first-order chi connectivity index (χ1) is 16.2. The second kappa shape index (κ2) is 8.67. The molecule has 0 radical (unpaired) electrons. The van der Waals surface area contributed by atoms with E-state index >= 15 is 0 Å². The van der Waals surface area contributed by atoms with Crippen molar-refractivity contribution >= 4 is 28.7 Å². The van der Waals surface area contributed by atoms with Gasteiger partial charge in [0.1, 0.15) is 18.3 Å². The lowest BCUT2D eigenvalue weighted by molar-refractivity contribution is -0.963. The van der Waals surface area contributed by atoms with E-state index in [2.05, 4.69) is 6.07 Å². The number of piperidine rings is 1. The summed E-state index contributed by atoms with van der Waals surface area (Å²) in [6.45, 7) is 1.05. The number of nitrogens with zero attached hydrogens (tertiary/aromatic N) is 1. The van der Waals surface area contributed by atoms with E-state index in [1.54, 1.807) is 0 Å². The number of carbonyl (C=O) groups is 2. The van der Waals surface area contributed by atoms with Crippen LogP contribution in [0.3, 0.4) is 0 Å². The van der Waals surface area contributed by atoms with Gasteiger partial charge in [-0.15, -0.1) is 11.3 Å². The Labute approximate surface area is 200 Å². The van der Waals surface area contributed by atoms with Crippen LogP contribution in [0, 0.1) is 0 Å². The molecule has 2 aromatic rings. The summed E-state index contributed by atoms with van der Waals surface area (Å²) in [5, 5.41) is 44.3. The van der Waals surface area contributed by atoms with E-state index in [4.69, 9.17) is 4.74 Å². The number of aliphatic carboxylic acids is 1. The monoisotopic (exact) mass is 485 g/mol. The highest BCUT2D eigenvalue weighted by atomic mass is 32.1. The third kappa shape index (κ3) is 3.73. The first kappa shape index (κ1) is 23.3. The number of quaternary nitrogens is 1. The fourth-order valence-electron chi connectivity index (χ4n) is 5.51. The van der Waals surface area contributed by atoms with Gasteiger partial charge in [0, 0.05) is 24.8 Å². The molecule has 180 valence electrons. The predicted octanol–water partition coefficient (Wildman–Crippen LogP) is 0.0867. The molecule has 5 rings (SSSR count). The Kier molecular flexibility index (Phi) is 5.96. The zero-order valence-corrected chi connectivity index (χ0v) is 19.5. The molecule has 3 heterocycles. The van der Waals surface area contributed by atoms with Crippen LogP contribution in [0.15, 0.2) is 41.3 Å². The van der Waals surface area contributed by atoms with Gasteiger partial charge < -0.3 is 30.0 Å². The molecule has 2 fully saturated rings. The molecule has 0 spiro atoms. The number of aliphatic hydroxyl groups is 3. The summed E-state index contributed by atoms with van der Waals surface area (Å²) >= 11 is 1.46. The number of fused-ring (bicyclic) bond motifs is 2. The van der Waals surface area contributed by atoms with E-state index in [9.17, 15) is 30.0 Å². The molecular formula is C25H27NO7S. The number of hydrogen-bond acceptors (Lipinski definition) is 8. The Hall–Kier alpha value is -2.40. The third-order valence-electron chi connectivity index (χ3n) is 7.46. The lowest BCUT2D eigenvalue weighted by Gasteiger charge is -2.51. The number of ether oxygens (including phenoxy) is 1. The summed E-state index contributed by atoms with van der Waals surface area (Å²) in [4.78, 5) is 25.1. The van der Waals surface area contributed by atoms with E-state index in [1.807, 2.05) is 36.7 Å². The average molecular weight is 486 g/mol. The molecule has 0 bridgehead atoms. The molecule has 2 saturated heterocycles. The number of benzene rings is 1. The Morgan fingerprint density at radius 3 is 2.47 bits per heavy atom. The molecule has 5 atom stereocenters. The largest absolute Gasteiger partial charge is 0.547 e. The molecule has 8 nitrogen and oxygen atoms in total. The van der Waals surface area contributed by atoms with Gasteiger partial charge in [-0.3, -0.25) is 9.28 Å². The van der Waals surface area contributed by atoms with Crippen LogP contribution in [0.25, 0.3) is 5.57 Å². The number of hydrogen-bond donors (Lipinski definition) is 3. The SMILES string of the molecule is C[N+]1(C2OC(C(=O)[O-])C(O)C(O)C2O)CCC(=C2c3ccccc3CC(=O)c3sccc32)CC1. The minimum absolute atomic E-state index is 0.115. The number of aliphatic hydroxyl groups excluding tert-OH is 3. The summed E-state index contributed by atoms with van der Waals surface area (Å²) in [6, 6.07) is 9.96. The zero-order chi connectivity index (χ0) is 24.2. The van der Waals surface area contributed by atoms with Crippen molar-refractivity contribution in [3.63, 3.8) is 0 Å². The third-order valence-corrected chi connectivity index (χ3v) is 8.42. The number of Topliss-reactive ketones (excluding diaryl/α,β-unsaturated/α-hetero) is 1. The van der Waals surface area contributed by atoms with Crippen molar-refractivity contribution in [1.82, 2.24) is 0 Å².